The van der Waals surface area contributed by atoms with Crippen LogP contribution in [0, 0.1) is 0 Å². The minimum atomic E-state index is -0.231. The summed E-state index contributed by atoms with van der Waals surface area (Å²) in [6.45, 7) is 0.864. The number of methoxy groups -OCH3 is 2. The van der Waals surface area contributed by atoms with Gasteiger partial charge in [0.15, 0.2) is 17.5 Å². The van der Waals surface area contributed by atoms with Crippen molar-refractivity contribution < 1.29 is 18.7 Å². The van der Waals surface area contributed by atoms with E-state index in [9.17, 15) is 4.79 Å². The van der Waals surface area contributed by atoms with Crippen LogP contribution in [0.4, 0.5) is 0 Å². The molecule has 0 saturated carbocycles. The maximum Gasteiger partial charge on any atom is 0.242 e. The summed E-state index contributed by atoms with van der Waals surface area (Å²) >= 11 is 0. The van der Waals surface area contributed by atoms with Crippen LogP contribution in [0.2, 0.25) is 0 Å². The van der Waals surface area contributed by atoms with Gasteiger partial charge in [0, 0.05) is 6.54 Å². The highest BCUT2D eigenvalue weighted by Gasteiger charge is 2.05. The number of nitrogens with zero attached hydrogens (tertiary/aromatic N) is 1. The average molecular weight is 360 g/mol. The van der Waals surface area contributed by atoms with Crippen molar-refractivity contribution in [1.82, 2.24) is 10.6 Å². The fourth-order valence-corrected chi connectivity index (χ4v) is 2.24. The summed E-state index contributed by atoms with van der Waals surface area (Å²) < 4.78 is 15.6. The summed E-state index contributed by atoms with van der Waals surface area (Å²) in [5.74, 6) is 2.04. The molecular formula is C18H24N4O4. The summed E-state index contributed by atoms with van der Waals surface area (Å²) in [5, 5.41) is 5.68. The topological polar surface area (TPSA) is 111 Å². The lowest BCUT2D eigenvalue weighted by atomic mass is 10.1. The van der Waals surface area contributed by atoms with Crippen LogP contribution in [0.3, 0.4) is 0 Å². The van der Waals surface area contributed by atoms with Crippen LogP contribution >= 0.6 is 0 Å². The van der Waals surface area contributed by atoms with E-state index in [2.05, 4.69) is 15.6 Å². The van der Waals surface area contributed by atoms with E-state index in [0.29, 0.717) is 30.3 Å². The zero-order valence-electron chi connectivity index (χ0n) is 15.0. The number of furan rings is 1. The first-order chi connectivity index (χ1) is 12.6. The van der Waals surface area contributed by atoms with E-state index < -0.39 is 0 Å². The van der Waals surface area contributed by atoms with Gasteiger partial charge in [-0.05, 0) is 36.2 Å². The van der Waals surface area contributed by atoms with Crippen molar-refractivity contribution in [3.63, 3.8) is 0 Å². The fraction of sp³-hybridized carbons (Fsp3) is 0.333. The maximum absolute atomic E-state index is 11.7. The highest BCUT2D eigenvalue weighted by Crippen LogP contribution is 2.27. The molecule has 4 N–H and O–H groups in total. The first-order valence-electron chi connectivity index (χ1n) is 8.16. The van der Waals surface area contributed by atoms with Gasteiger partial charge in [-0.2, -0.15) is 0 Å². The molecule has 0 bridgehead atoms. The number of guanidine groups is 1. The van der Waals surface area contributed by atoms with Gasteiger partial charge in [0.1, 0.15) is 12.3 Å². The highest BCUT2D eigenvalue weighted by molar-refractivity contribution is 5.83. The Morgan fingerprint density at radius 3 is 2.69 bits per heavy atom. The van der Waals surface area contributed by atoms with Gasteiger partial charge in [0.05, 0.1) is 27.0 Å². The number of rotatable bonds is 9. The standard InChI is InChI=1S/C18H24N4O4/c1-24-15-6-5-13(10-16(15)25-2)7-8-20-18(19)22-12-17(23)21-11-14-4-3-9-26-14/h3-6,9-10H,7-8,11-12H2,1-2H3,(H,21,23)(H3,19,20,22). The summed E-state index contributed by atoms with van der Waals surface area (Å²) in [6, 6.07) is 9.27. The Balaban J connectivity index is 1.71. The Morgan fingerprint density at radius 2 is 2.00 bits per heavy atom. The summed E-state index contributed by atoms with van der Waals surface area (Å²) in [4.78, 5) is 15.7. The summed E-state index contributed by atoms with van der Waals surface area (Å²) in [7, 11) is 3.20. The monoisotopic (exact) mass is 360 g/mol. The number of carbonyl (C=O) groups excluding carboxylic acids is 1. The van der Waals surface area contributed by atoms with Gasteiger partial charge < -0.3 is 30.3 Å². The highest BCUT2D eigenvalue weighted by atomic mass is 16.5. The Labute approximate surface area is 152 Å². The first-order valence-corrected chi connectivity index (χ1v) is 8.16. The molecule has 0 atom stereocenters. The van der Waals surface area contributed by atoms with Crippen LogP contribution < -0.4 is 25.8 Å². The Bertz CT molecular complexity index is 729. The van der Waals surface area contributed by atoms with Crippen molar-refractivity contribution >= 4 is 11.9 Å². The number of carbonyl (C=O) groups is 1. The number of nitrogens with one attached hydrogen (secondary N) is 2. The van der Waals surface area contributed by atoms with E-state index in [1.807, 2.05) is 18.2 Å². The molecular weight excluding hydrogens is 336 g/mol. The third kappa shape index (κ3) is 6.04. The van der Waals surface area contributed by atoms with Gasteiger partial charge in [-0.3, -0.25) is 4.79 Å². The molecule has 26 heavy (non-hydrogen) atoms. The maximum atomic E-state index is 11.7. The number of hydrogen-bond acceptors (Lipinski definition) is 5. The predicted octanol–water partition coefficient (Wildman–Crippen LogP) is 1.06. The number of amides is 1. The molecule has 0 unspecified atom stereocenters. The van der Waals surface area contributed by atoms with Crippen molar-refractivity contribution in [2.24, 2.45) is 10.7 Å². The number of ether oxygens (including phenoxy) is 2. The van der Waals surface area contributed by atoms with Crippen LogP contribution in [0.15, 0.2) is 46.0 Å². The molecule has 0 aliphatic carbocycles. The Kier molecular flexibility index (Phi) is 7.35. The van der Waals surface area contributed by atoms with Crippen LogP contribution in [0.1, 0.15) is 11.3 Å². The number of aliphatic imine (C=N–C) groups is 1. The van der Waals surface area contributed by atoms with Crippen molar-refractivity contribution in [3.05, 3.63) is 47.9 Å². The van der Waals surface area contributed by atoms with Crippen molar-refractivity contribution in [2.45, 2.75) is 13.0 Å². The fourth-order valence-electron chi connectivity index (χ4n) is 2.24. The van der Waals surface area contributed by atoms with Crippen molar-refractivity contribution in [1.29, 1.82) is 0 Å². The minimum absolute atomic E-state index is 0.0457. The van der Waals surface area contributed by atoms with E-state index in [1.165, 1.54) is 0 Å². The van der Waals surface area contributed by atoms with Crippen LogP contribution in [-0.2, 0) is 17.8 Å². The lowest BCUT2D eigenvalue weighted by Gasteiger charge is -2.10. The molecule has 0 aliphatic rings. The van der Waals surface area contributed by atoms with Gasteiger partial charge in [0.25, 0.3) is 0 Å². The molecule has 8 heteroatoms. The average Bonchev–Trinajstić information content (AvgIpc) is 3.18. The van der Waals surface area contributed by atoms with Crippen LogP contribution in [0.25, 0.3) is 0 Å². The first kappa shape index (κ1) is 19.2. The zero-order chi connectivity index (χ0) is 18.8. The minimum Gasteiger partial charge on any atom is -0.493 e. The van der Waals surface area contributed by atoms with E-state index in [-0.39, 0.29) is 18.4 Å². The molecule has 0 fully saturated rings. The second-order valence-electron chi connectivity index (χ2n) is 5.42. The number of hydrogen-bond donors (Lipinski definition) is 3. The van der Waals surface area contributed by atoms with E-state index >= 15 is 0 Å². The molecule has 1 heterocycles. The van der Waals surface area contributed by atoms with E-state index in [1.54, 1.807) is 32.6 Å². The largest absolute Gasteiger partial charge is 0.493 e. The normalized spacial score (nSPS) is 11.1. The van der Waals surface area contributed by atoms with Crippen LogP contribution in [-0.4, -0.2) is 39.2 Å². The lowest BCUT2D eigenvalue weighted by molar-refractivity contribution is -0.119. The third-order valence-electron chi connectivity index (χ3n) is 3.60. The predicted molar refractivity (Wildman–Crippen MR) is 98.3 cm³/mol. The Morgan fingerprint density at radius 1 is 1.19 bits per heavy atom. The molecule has 2 rings (SSSR count). The van der Waals surface area contributed by atoms with Gasteiger partial charge in [-0.15, -0.1) is 0 Å². The third-order valence-corrected chi connectivity index (χ3v) is 3.60. The van der Waals surface area contributed by atoms with Crippen molar-refractivity contribution in [2.75, 3.05) is 27.3 Å². The second kappa shape index (κ2) is 9.97. The molecule has 1 aromatic heterocycles. The molecule has 8 nitrogen and oxygen atoms in total. The lowest BCUT2D eigenvalue weighted by Crippen LogP contribution is -2.35. The summed E-state index contributed by atoms with van der Waals surface area (Å²) in [6.07, 6.45) is 2.28. The van der Waals surface area contributed by atoms with E-state index in [0.717, 1.165) is 12.0 Å². The molecule has 0 spiro atoms. The molecule has 0 aliphatic heterocycles. The molecule has 0 saturated heterocycles. The smallest absolute Gasteiger partial charge is 0.242 e. The van der Waals surface area contributed by atoms with Gasteiger partial charge in [-0.25, -0.2) is 4.99 Å². The molecule has 2 aromatic rings. The SMILES string of the molecule is COc1ccc(CCNC(N)=NCC(=O)NCc2ccco2)cc1OC. The zero-order valence-corrected chi connectivity index (χ0v) is 15.0. The Hall–Kier alpha value is -3.16. The van der Waals surface area contributed by atoms with E-state index in [4.69, 9.17) is 19.6 Å². The van der Waals surface area contributed by atoms with Crippen LogP contribution in [0.5, 0.6) is 11.5 Å². The van der Waals surface area contributed by atoms with Crippen molar-refractivity contribution in [3.8, 4) is 11.5 Å². The van der Waals surface area contributed by atoms with Gasteiger partial charge in [0.2, 0.25) is 5.91 Å². The number of benzene rings is 1. The molecule has 1 amide bonds. The van der Waals surface area contributed by atoms with Gasteiger partial charge >= 0.3 is 0 Å². The van der Waals surface area contributed by atoms with Gasteiger partial charge in [-0.1, -0.05) is 6.07 Å². The summed E-state index contributed by atoms with van der Waals surface area (Å²) in [5.41, 5.74) is 6.84. The molecule has 0 radical (unpaired) electrons. The number of nitrogens with two attached hydrogens (primary N) is 1. The quantitative estimate of drug-likeness (QED) is 0.455. The second-order valence-corrected chi connectivity index (χ2v) is 5.42. The molecule has 1 aromatic carbocycles. The molecule has 140 valence electrons.